The summed E-state index contributed by atoms with van der Waals surface area (Å²) in [6, 6.07) is 11.7. The van der Waals surface area contributed by atoms with Crippen molar-refractivity contribution in [2.75, 3.05) is 42.1 Å². The number of anilines is 3. The second-order valence-electron chi connectivity index (χ2n) is 24.6. The van der Waals surface area contributed by atoms with Gasteiger partial charge in [-0.25, -0.2) is 39.9 Å². The number of piperidine rings is 3. The fourth-order valence-electron chi connectivity index (χ4n) is 12.4. The third-order valence-corrected chi connectivity index (χ3v) is 19.2. The smallest absolute Gasteiger partial charge is 0.364 e. The molecule has 0 unspecified atom stereocenters. The summed E-state index contributed by atoms with van der Waals surface area (Å²) in [6.07, 6.45) is 2.55. The first-order chi connectivity index (χ1) is 46.9. The molecule has 3 saturated heterocycles. The Hall–Kier alpha value is -9.11. The van der Waals surface area contributed by atoms with Crippen LogP contribution >= 0.6 is 22.7 Å². The molecule has 3 fully saturated rings. The highest BCUT2D eigenvalue weighted by Crippen LogP contribution is 2.44. The van der Waals surface area contributed by atoms with E-state index in [1.54, 1.807) is 54.6 Å². The van der Waals surface area contributed by atoms with Crippen LogP contribution < -0.4 is 31.9 Å². The standard InChI is InChI=1S/C23H23F3N6O.C22H22F3N7S.C21H20F3N7S/c1-12-3-4-14(9-27-12)29-22-28-10-18(23(24,25)26)21(31-22)16-6-8-19-15(16)5-7-20(30-19)17-11-33-32-13(17)2;1-11-3-4-13(9-26-11)28-21-27-10-16(22(23,24)25)19(30-21)15-6-7-17-14(15)5-8-18(29-17)20-32-31-12(2)33-20;1-11-30-31-19(32-11)17-7-4-13-14(5-6-16(13)28-17)18-15(21(22,23)24)10-26-20(29-18)27-12-3-2-8-25-9-12/h5-7,10-12,14,27H,3-4,8-9H2,1-2H3,(H,28,29,31);5-6,8,10-11,13,26H,3-4,7,9H2,1-2H3,(H,27,28,30);4-5,7,10,12,25H,2-3,6,8-9H2,1H3,(H,26,27,29)/t12-,14-;11-,13-;12-/m110/s1. The summed E-state index contributed by atoms with van der Waals surface area (Å²) in [5.74, 6) is 0.589. The first-order valence-corrected chi connectivity index (χ1v) is 33.5. The van der Waals surface area contributed by atoms with Crippen LogP contribution in [0.3, 0.4) is 0 Å². The van der Waals surface area contributed by atoms with E-state index in [-0.39, 0.29) is 53.1 Å². The first kappa shape index (κ1) is 67.5. The van der Waals surface area contributed by atoms with Crippen LogP contribution in [0.15, 0.2) is 84.0 Å². The Balaban J connectivity index is 0.000000132. The Labute approximate surface area is 563 Å². The topological polar surface area (TPSA) is 266 Å². The van der Waals surface area contributed by atoms with E-state index in [4.69, 9.17) is 4.52 Å². The zero-order valence-corrected chi connectivity index (χ0v) is 55.1. The van der Waals surface area contributed by atoms with Crippen molar-refractivity contribution in [2.24, 2.45) is 0 Å². The molecule has 6 aliphatic rings. The fraction of sp³-hybridized carbons (Fsp3) is 0.394. The van der Waals surface area contributed by atoms with Crippen molar-refractivity contribution >= 4 is 57.2 Å². The van der Waals surface area contributed by atoms with Crippen LogP contribution in [0.4, 0.5) is 57.4 Å². The molecule has 0 saturated carbocycles. The summed E-state index contributed by atoms with van der Waals surface area (Å²) in [5, 5.41) is 42.7. The van der Waals surface area contributed by atoms with Gasteiger partial charge in [0.1, 0.15) is 44.4 Å². The molecule has 0 aromatic carbocycles. The molecule has 6 N–H and O–H groups in total. The monoisotopic (exact) mass is 1390 g/mol. The van der Waals surface area contributed by atoms with E-state index in [1.165, 1.54) is 28.9 Å². The second-order valence-corrected chi connectivity index (χ2v) is 27.0. The highest BCUT2D eigenvalue weighted by atomic mass is 32.1. The van der Waals surface area contributed by atoms with E-state index in [9.17, 15) is 39.5 Å². The number of allylic oxidation sites excluding steroid dienone is 3. The number of nitrogens with one attached hydrogen (secondary N) is 6. The highest BCUT2D eigenvalue weighted by Gasteiger charge is 2.41. The molecule has 5 atom stereocenters. The van der Waals surface area contributed by atoms with Crippen LogP contribution in [0.2, 0.25) is 0 Å². The molecule has 0 bridgehead atoms. The number of rotatable bonds is 12. The average molecular weight is 1390 g/mol. The minimum atomic E-state index is -4.58. The molecule has 12 heterocycles. The number of hydrogen-bond acceptors (Lipinski definition) is 23. The van der Waals surface area contributed by atoms with Gasteiger partial charge in [-0.05, 0) is 97.9 Å². The maximum Gasteiger partial charge on any atom is 0.419 e. The van der Waals surface area contributed by atoms with Gasteiger partial charge in [-0.2, -0.15) is 39.5 Å². The zero-order chi connectivity index (χ0) is 68.6. The quantitative estimate of drug-likeness (QED) is 0.0621. The molecular weight excluding hydrogens is 1320 g/mol. The molecule has 15 rings (SSSR count). The second kappa shape index (κ2) is 28.0. The molecule has 32 heteroatoms. The van der Waals surface area contributed by atoms with Crippen LogP contribution in [0.1, 0.15) is 136 Å². The number of aryl methyl sites for hydroxylation is 3. The molecule has 9 aromatic rings. The lowest BCUT2D eigenvalue weighted by Gasteiger charge is -2.28. The Morgan fingerprint density at radius 2 is 0.867 bits per heavy atom. The summed E-state index contributed by atoms with van der Waals surface area (Å²) in [5.41, 5.74) is 5.76. The Kier molecular flexibility index (Phi) is 19.3. The molecule has 0 spiro atoms. The Morgan fingerprint density at radius 1 is 0.469 bits per heavy atom. The van der Waals surface area contributed by atoms with Crippen molar-refractivity contribution in [2.45, 2.75) is 141 Å². The van der Waals surface area contributed by atoms with Gasteiger partial charge in [0, 0.05) is 121 Å². The lowest BCUT2D eigenvalue weighted by Crippen LogP contribution is -2.43. The molecule has 3 aliphatic heterocycles. The van der Waals surface area contributed by atoms with Gasteiger partial charge in [-0.15, -0.1) is 20.4 Å². The molecule has 0 radical (unpaired) electrons. The summed E-state index contributed by atoms with van der Waals surface area (Å²) >= 11 is 2.85. The molecule has 98 heavy (non-hydrogen) atoms. The normalized spacial score (nSPS) is 19.8. The van der Waals surface area contributed by atoms with Crippen LogP contribution in [0.25, 0.3) is 49.4 Å². The van der Waals surface area contributed by atoms with Gasteiger partial charge in [0.25, 0.3) is 0 Å². The van der Waals surface area contributed by atoms with Crippen molar-refractivity contribution in [3.8, 4) is 32.7 Å². The van der Waals surface area contributed by atoms with E-state index in [0.717, 1.165) is 85.8 Å². The van der Waals surface area contributed by atoms with Crippen molar-refractivity contribution in [3.05, 3.63) is 163 Å². The average Bonchev–Trinajstić information content (AvgIpc) is 1.58. The number of hydrogen-bond donors (Lipinski definition) is 6. The number of halogens is 9. The van der Waals surface area contributed by atoms with Crippen molar-refractivity contribution in [1.29, 1.82) is 0 Å². The van der Waals surface area contributed by atoms with E-state index >= 15 is 0 Å². The van der Waals surface area contributed by atoms with Gasteiger partial charge in [0.05, 0.1) is 51.1 Å². The molecule has 0 amide bonds. The predicted molar refractivity (Wildman–Crippen MR) is 351 cm³/mol. The lowest BCUT2D eigenvalue weighted by atomic mass is 10.0. The van der Waals surface area contributed by atoms with Gasteiger partial charge in [0.2, 0.25) is 17.8 Å². The molecule has 3 aliphatic carbocycles. The Bertz CT molecular complexity index is 4500. The third-order valence-electron chi connectivity index (χ3n) is 17.5. The number of pyridine rings is 3. The first-order valence-electron chi connectivity index (χ1n) is 31.9. The van der Waals surface area contributed by atoms with Crippen LogP contribution in [0.5, 0.6) is 0 Å². The largest absolute Gasteiger partial charge is 0.419 e. The van der Waals surface area contributed by atoms with Crippen molar-refractivity contribution in [1.82, 2.24) is 86.4 Å². The van der Waals surface area contributed by atoms with Gasteiger partial charge in [-0.3, -0.25) is 4.98 Å². The van der Waals surface area contributed by atoms with E-state index in [1.807, 2.05) is 20.8 Å². The number of nitrogens with zero attached hydrogens (tertiary/aromatic N) is 14. The van der Waals surface area contributed by atoms with Crippen molar-refractivity contribution in [3.63, 3.8) is 0 Å². The maximum absolute atomic E-state index is 13.8. The van der Waals surface area contributed by atoms with Crippen molar-refractivity contribution < 1.29 is 44.0 Å². The minimum Gasteiger partial charge on any atom is -0.364 e. The lowest BCUT2D eigenvalue weighted by molar-refractivity contribution is -0.139. The number of fused-ring (bicyclic) bond motifs is 3. The molecule has 9 aromatic heterocycles. The highest BCUT2D eigenvalue weighted by molar-refractivity contribution is 7.14. The van der Waals surface area contributed by atoms with Crippen LogP contribution in [-0.4, -0.2) is 127 Å². The van der Waals surface area contributed by atoms with E-state index in [2.05, 4.69) is 116 Å². The summed E-state index contributed by atoms with van der Waals surface area (Å²) in [4.78, 5) is 38.8. The van der Waals surface area contributed by atoms with Crippen LogP contribution in [0, 0.1) is 20.8 Å². The summed E-state index contributed by atoms with van der Waals surface area (Å²) in [7, 11) is 0. The molecular formula is C66H65F9N20OS2. The third kappa shape index (κ3) is 15.1. The summed E-state index contributed by atoms with van der Waals surface area (Å²) < 4.78 is 129. The van der Waals surface area contributed by atoms with Crippen LogP contribution in [-0.2, 0) is 37.8 Å². The van der Waals surface area contributed by atoms with Gasteiger partial charge in [-0.1, -0.05) is 64.3 Å². The van der Waals surface area contributed by atoms with Gasteiger partial charge >= 0.3 is 18.5 Å². The molecule has 21 nitrogen and oxygen atoms in total. The SMILES string of the molecule is Cc1nnc(-c2ccc3c(n2)CC=C3c2nc(N[C@@H]3CC[C@@H](C)NC3)ncc2C(F)(F)F)s1.Cc1nnc(-c2ccc3c(n2)CC=C3c2nc(N[C@H]3CCCNC3)ncc2C(F)(F)F)s1.Cc1nocc1-c1ccc2c(n1)CC=C2c1nc(N[C@@H]2CC[C@@H](C)NC2)ncc1C(F)(F)F. The minimum absolute atomic E-state index is 0.0617. The van der Waals surface area contributed by atoms with Gasteiger partial charge in [0.15, 0.2) is 10.0 Å². The fourth-order valence-corrected chi connectivity index (χ4v) is 13.7. The number of alkyl halides is 9. The predicted octanol–water partition coefficient (Wildman–Crippen LogP) is 12.5. The molecule has 510 valence electrons. The summed E-state index contributed by atoms with van der Waals surface area (Å²) in [6.45, 7) is 12.8. The van der Waals surface area contributed by atoms with E-state index in [0.29, 0.717) is 128 Å². The zero-order valence-electron chi connectivity index (χ0n) is 53.5. The number of aromatic nitrogens is 14. The maximum atomic E-state index is 13.8. The van der Waals surface area contributed by atoms with E-state index < -0.39 is 35.2 Å². The Morgan fingerprint density at radius 3 is 1.20 bits per heavy atom. The van der Waals surface area contributed by atoms with Gasteiger partial charge < -0.3 is 36.4 Å².